The van der Waals surface area contributed by atoms with Crippen molar-refractivity contribution in [3.8, 4) is 23.1 Å². The first-order valence-electron chi connectivity index (χ1n) is 6.83. The van der Waals surface area contributed by atoms with Gasteiger partial charge in [0.15, 0.2) is 11.4 Å². The molecule has 0 bridgehead atoms. The van der Waals surface area contributed by atoms with Gasteiger partial charge in [0.25, 0.3) is 0 Å². The summed E-state index contributed by atoms with van der Waals surface area (Å²) in [5.74, 6) is 1.53. The number of aromatic nitrogens is 3. The molecule has 4 rings (SSSR count). The zero-order valence-corrected chi connectivity index (χ0v) is 15.0. The first-order valence-corrected chi connectivity index (χ1v) is 8.38. The fourth-order valence-corrected chi connectivity index (χ4v) is 3.00. The van der Waals surface area contributed by atoms with Crippen LogP contribution in [0.1, 0.15) is 0 Å². The Morgan fingerprint density at radius 2 is 2.04 bits per heavy atom. The highest BCUT2D eigenvalue weighted by molar-refractivity contribution is 9.10. The monoisotopic (exact) mass is 423 g/mol. The molecule has 0 unspecified atom stereocenters. The van der Waals surface area contributed by atoms with E-state index in [0.717, 1.165) is 4.47 Å². The van der Waals surface area contributed by atoms with Gasteiger partial charge in [-0.1, -0.05) is 23.2 Å². The normalized spacial score (nSPS) is 11.1. The molecule has 0 aliphatic carbocycles. The minimum absolute atomic E-state index is 0.401. The van der Waals surface area contributed by atoms with E-state index in [0.29, 0.717) is 38.8 Å². The van der Waals surface area contributed by atoms with Crippen LogP contribution in [0.4, 0.5) is 0 Å². The van der Waals surface area contributed by atoms with Crippen molar-refractivity contribution in [2.24, 2.45) is 0 Å². The van der Waals surface area contributed by atoms with Crippen LogP contribution in [-0.2, 0) is 0 Å². The average Bonchev–Trinajstić information content (AvgIpc) is 3.20. The van der Waals surface area contributed by atoms with Crippen LogP contribution in [0.25, 0.3) is 17.1 Å². The highest BCUT2D eigenvalue weighted by Crippen LogP contribution is 2.34. The van der Waals surface area contributed by atoms with Gasteiger partial charge in [-0.2, -0.15) is 9.61 Å². The molecular formula is C16H8BrCl2N3O2. The van der Waals surface area contributed by atoms with Crippen LogP contribution < -0.4 is 4.74 Å². The van der Waals surface area contributed by atoms with Crippen LogP contribution in [0.2, 0.25) is 10.0 Å². The van der Waals surface area contributed by atoms with Crippen molar-refractivity contribution < 1.29 is 9.15 Å². The first-order chi connectivity index (χ1) is 11.6. The second kappa shape index (κ2) is 6.12. The van der Waals surface area contributed by atoms with Crippen molar-refractivity contribution in [1.29, 1.82) is 0 Å². The molecule has 4 aromatic rings. The quantitative estimate of drug-likeness (QED) is 0.413. The fraction of sp³-hybridized carbons (Fsp3) is 0. The van der Waals surface area contributed by atoms with Gasteiger partial charge >= 0.3 is 0 Å². The van der Waals surface area contributed by atoms with Crippen LogP contribution in [0, 0.1) is 0 Å². The van der Waals surface area contributed by atoms with Gasteiger partial charge in [0, 0.05) is 11.1 Å². The minimum atomic E-state index is 0.401. The summed E-state index contributed by atoms with van der Waals surface area (Å²) in [7, 11) is 0. The van der Waals surface area contributed by atoms with Gasteiger partial charge < -0.3 is 9.15 Å². The standard InChI is InChI=1S/C16H8BrCl2N3O2/c17-10-8-20-22-15(24-13-4-3-9(18)6-11(13)19)7-12(21-16(10)22)14-2-1-5-23-14/h1-8H. The molecule has 0 aliphatic heterocycles. The topological polar surface area (TPSA) is 52.6 Å². The first kappa shape index (κ1) is 15.5. The van der Waals surface area contributed by atoms with Crippen LogP contribution in [0.15, 0.2) is 57.7 Å². The third-order valence-electron chi connectivity index (χ3n) is 3.28. The second-order valence-corrected chi connectivity index (χ2v) is 6.56. The summed E-state index contributed by atoms with van der Waals surface area (Å²) in [4.78, 5) is 4.54. The molecule has 0 saturated heterocycles. The van der Waals surface area contributed by atoms with Gasteiger partial charge in [0.05, 0.1) is 22.0 Å². The van der Waals surface area contributed by atoms with E-state index in [9.17, 15) is 0 Å². The van der Waals surface area contributed by atoms with Crippen LogP contribution >= 0.6 is 39.1 Å². The van der Waals surface area contributed by atoms with Gasteiger partial charge in [-0.25, -0.2) is 4.98 Å². The Kier molecular flexibility index (Phi) is 3.96. The zero-order valence-electron chi connectivity index (χ0n) is 11.9. The summed E-state index contributed by atoms with van der Waals surface area (Å²) < 4.78 is 13.7. The summed E-state index contributed by atoms with van der Waals surface area (Å²) in [5, 5.41) is 5.20. The summed E-state index contributed by atoms with van der Waals surface area (Å²) >= 11 is 15.5. The van der Waals surface area contributed by atoms with Crippen molar-refractivity contribution in [3.63, 3.8) is 0 Å². The molecule has 24 heavy (non-hydrogen) atoms. The molecular weight excluding hydrogens is 417 g/mol. The second-order valence-electron chi connectivity index (χ2n) is 4.86. The van der Waals surface area contributed by atoms with Gasteiger partial charge in [-0.05, 0) is 46.3 Å². The van der Waals surface area contributed by atoms with E-state index in [1.54, 1.807) is 47.3 Å². The fourth-order valence-electron chi connectivity index (χ4n) is 2.20. The van der Waals surface area contributed by atoms with Gasteiger partial charge in [-0.3, -0.25) is 0 Å². The molecule has 0 aliphatic rings. The number of hydrogen-bond donors (Lipinski definition) is 0. The van der Waals surface area contributed by atoms with Crippen molar-refractivity contribution >= 4 is 44.8 Å². The Labute approximate surface area is 154 Å². The Bertz CT molecular complexity index is 1030. The highest BCUT2D eigenvalue weighted by atomic mass is 79.9. The summed E-state index contributed by atoms with van der Waals surface area (Å²) in [6.07, 6.45) is 3.23. The largest absolute Gasteiger partial charge is 0.463 e. The number of hydrogen-bond acceptors (Lipinski definition) is 4. The lowest BCUT2D eigenvalue weighted by Crippen LogP contribution is -1.99. The SMILES string of the molecule is Clc1ccc(Oc2cc(-c3ccco3)nc3c(Br)cnn23)c(Cl)c1. The molecule has 0 spiro atoms. The van der Waals surface area contributed by atoms with Gasteiger partial charge in [-0.15, -0.1) is 0 Å². The smallest absolute Gasteiger partial charge is 0.224 e. The molecule has 120 valence electrons. The van der Waals surface area contributed by atoms with Crippen molar-refractivity contribution in [2.45, 2.75) is 0 Å². The van der Waals surface area contributed by atoms with E-state index in [1.807, 2.05) is 6.07 Å². The highest BCUT2D eigenvalue weighted by Gasteiger charge is 2.15. The third kappa shape index (κ3) is 2.77. The molecule has 0 radical (unpaired) electrons. The number of nitrogens with zero attached hydrogens (tertiary/aromatic N) is 3. The molecule has 3 heterocycles. The Morgan fingerprint density at radius 1 is 1.17 bits per heavy atom. The lowest BCUT2D eigenvalue weighted by atomic mass is 10.3. The summed E-state index contributed by atoms with van der Waals surface area (Å²) in [6.45, 7) is 0. The molecule has 0 fully saturated rings. The number of halogens is 3. The average molecular weight is 425 g/mol. The number of fused-ring (bicyclic) bond motifs is 1. The molecule has 5 nitrogen and oxygen atoms in total. The molecule has 1 aromatic carbocycles. The maximum atomic E-state index is 6.19. The van der Waals surface area contributed by atoms with Gasteiger partial charge in [0.2, 0.25) is 5.88 Å². The Morgan fingerprint density at radius 3 is 2.79 bits per heavy atom. The molecule has 0 saturated carbocycles. The molecule has 0 atom stereocenters. The Hall–Kier alpha value is -2.02. The minimum Gasteiger partial charge on any atom is -0.463 e. The van der Waals surface area contributed by atoms with E-state index >= 15 is 0 Å². The zero-order chi connectivity index (χ0) is 16.7. The lowest BCUT2D eigenvalue weighted by molar-refractivity contribution is 0.446. The van der Waals surface area contributed by atoms with Crippen LogP contribution in [0.3, 0.4) is 0 Å². The van der Waals surface area contributed by atoms with Crippen LogP contribution in [-0.4, -0.2) is 14.6 Å². The Balaban J connectivity index is 1.87. The summed E-state index contributed by atoms with van der Waals surface area (Å²) in [5.41, 5.74) is 1.22. The van der Waals surface area contributed by atoms with E-state index in [2.05, 4.69) is 26.0 Å². The molecule has 8 heteroatoms. The van der Waals surface area contributed by atoms with E-state index < -0.39 is 0 Å². The molecule has 0 amide bonds. The molecule has 3 aromatic heterocycles. The van der Waals surface area contributed by atoms with Crippen molar-refractivity contribution in [2.75, 3.05) is 0 Å². The number of furan rings is 1. The number of ether oxygens (including phenoxy) is 1. The van der Waals surface area contributed by atoms with Gasteiger partial charge in [0.1, 0.15) is 11.4 Å². The van der Waals surface area contributed by atoms with Crippen LogP contribution in [0.5, 0.6) is 11.6 Å². The van der Waals surface area contributed by atoms with E-state index in [4.69, 9.17) is 32.4 Å². The van der Waals surface area contributed by atoms with Crippen molar-refractivity contribution in [3.05, 3.63) is 63.4 Å². The predicted molar refractivity (Wildman–Crippen MR) is 94.9 cm³/mol. The predicted octanol–water partition coefficient (Wildman–Crippen LogP) is 5.85. The molecule has 0 N–H and O–H groups in total. The van der Waals surface area contributed by atoms with E-state index in [-0.39, 0.29) is 0 Å². The van der Waals surface area contributed by atoms with E-state index in [1.165, 1.54) is 0 Å². The maximum Gasteiger partial charge on any atom is 0.224 e. The summed E-state index contributed by atoms with van der Waals surface area (Å²) in [6, 6.07) is 10.4. The lowest BCUT2D eigenvalue weighted by Gasteiger charge is -2.10. The number of rotatable bonds is 3. The number of benzene rings is 1. The van der Waals surface area contributed by atoms with Crippen molar-refractivity contribution in [1.82, 2.24) is 14.6 Å². The third-order valence-corrected chi connectivity index (χ3v) is 4.37. The maximum absolute atomic E-state index is 6.19.